The fourth-order valence-electron chi connectivity index (χ4n) is 2.23. The lowest BCUT2D eigenvalue weighted by atomic mass is 10.1. The van der Waals surface area contributed by atoms with Crippen LogP contribution in [0.2, 0.25) is 5.02 Å². The highest BCUT2D eigenvalue weighted by Crippen LogP contribution is 2.32. The first kappa shape index (κ1) is 18.6. The molecule has 6 heteroatoms. The Labute approximate surface area is 144 Å². The van der Waals surface area contributed by atoms with Gasteiger partial charge >= 0.3 is 6.18 Å². The fraction of sp³-hybridized carbons (Fsp3) is 0.333. The van der Waals surface area contributed by atoms with Crippen molar-refractivity contribution in [3.63, 3.8) is 0 Å². The van der Waals surface area contributed by atoms with Crippen LogP contribution in [0.1, 0.15) is 23.7 Å². The summed E-state index contributed by atoms with van der Waals surface area (Å²) in [5, 5.41) is 0.625. The minimum Gasteiger partial charge on any atom is -0.486 e. The molecule has 2 rings (SSSR count). The van der Waals surface area contributed by atoms with Gasteiger partial charge in [-0.1, -0.05) is 23.7 Å². The molecule has 0 spiro atoms. The molecule has 0 aliphatic carbocycles. The van der Waals surface area contributed by atoms with Crippen LogP contribution < -0.4 is 4.74 Å². The van der Waals surface area contributed by atoms with Gasteiger partial charge in [0.2, 0.25) is 0 Å². The first-order valence-corrected chi connectivity index (χ1v) is 7.87. The molecule has 0 saturated heterocycles. The van der Waals surface area contributed by atoms with E-state index in [0.29, 0.717) is 17.2 Å². The van der Waals surface area contributed by atoms with Crippen molar-refractivity contribution in [3.8, 4) is 5.75 Å². The van der Waals surface area contributed by atoms with E-state index in [1.165, 1.54) is 12.1 Å². The first-order chi connectivity index (χ1) is 11.3. The minimum absolute atomic E-state index is 0.263. The molecular weight excluding hydrogens is 339 g/mol. The van der Waals surface area contributed by atoms with E-state index < -0.39 is 11.7 Å². The number of hydrogen-bond acceptors (Lipinski definition) is 2. The molecule has 0 aliphatic rings. The van der Waals surface area contributed by atoms with E-state index in [4.69, 9.17) is 16.3 Å². The average molecular weight is 358 g/mol. The van der Waals surface area contributed by atoms with Crippen molar-refractivity contribution in [2.24, 2.45) is 0 Å². The molecule has 0 aliphatic heterocycles. The van der Waals surface area contributed by atoms with Gasteiger partial charge in [-0.15, -0.1) is 0 Å². The molecule has 0 heterocycles. The van der Waals surface area contributed by atoms with Crippen molar-refractivity contribution < 1.29 is 17.9 Å². The molecule has 130 valence electrons. The Balaban J connectivity index is 2.16. The Morgan fingerprint density at radius 1 is 1.00 bits per heavy atom. The SMILES string of the molecule is CN(C)CCC(Oc1ccc(C(F)(F)F)cc1)c1ccc(Cl)cc1. The van der Waals surface area contributed by atoms with Gasteiger partial charge in [0.15, 0.2) is 0 Å². The molecule has 0 radical (unpaired) electrons. The Hall–Kier alpha value is -1.72. The molecule has 0 amide bonds. The molecule has 0 aromatic heterocycles. The minimum atomic E-state index is -4.35. The second-order valence-corrected chi connectivity index (χ2v) is 6.21. The first-order valence-electron chi connectivity index (χ1n) is 7.50. The van der Waals surface area contributed by atoms with Crippen LogP contribution in [0.25, 0.3) is 0 Å². The molecule has 0 N–H and O–H groups in total. The quantitative estimate of drug-likeness (QED) is 0.683. The van der Waals surface area contributed by atoms with E-state index >= 15 is 0 Å². The monoisotopic (exact) mass is 357 g/mol. The van der Waals surface area contributed by atoms with Gasteiger partial charge in [-0.25, -0.2) is 0 Å². The van der Waals surface area contributed by atoms with Crippen LogP contribution in [-0.2, 0) is 6.18 Å². The summed E-state index contributed by atoms with van der Waals surface area (Å²) in [5.41, 5.74) is 0.243. The number of halogens is 4. The molecule has 2 aromatic rings. The predicted octanol–water partition coefficient (Wildman–Crippen LogP) is 5.43. The van der Waals surface area contributed by atoms with Crippen LogP contribution in [0, 0.1) is 0 Å². The highest BCUT2D eigenvalue weighted by atomic mass is 35.5. The summed E-state index contributed by atoms with van der Waals surface area (Å²) in [4.78, 5) is 2.03. The van der Waals surface area contributed by atoms with Gasteiger partial charge in [0, 0.05) is 18.0 Å². The van der Waals surface area contributed by atoms with Gasteiger partial charge in [-0.05, 0) is 56.1 Å². The average Bonchev–Trinajstić information content (AvgIpc) is 2.52. The third kappa shape index (κ3) is 5.42. The van der Waals surface area contributed by atoms with E-state index in [9.17, 15) is 13.2 Å². The van der Waals surface area contributed by atoms with E-state index in [2.05, 4.69) is 0 Å². The smallest absolute Gasteiger partial charge is 0.416 e. The van der Waals surface area contributed by atoms with E-state index in [1.54, 1.807) is 12.1 Å². The van der Waals surface area contributed by atoms with Crippen molar-refractivity contribution >= 4 is 11.6 Å². The molecule has 0 fully saturated rings. The zero-order valence-electron chi connectivity index (χ0n) is 13.5. The van der Waals surface area contributed by atoms with E-state index in [-0.39, 0.29) is 6.10 Å². The van der Waals surface area contributed by atoms with Crippen molar-refractivity contribution in [1.82, 2.24) is 4.90 Å². The Morgan fingerprint density at radius 2 is 1.58 bits per heavy atom. The summed E-state index contributed by atoms with van der Waals surface area (Å²) < 4.78 is 43.8. The van der Waals surface area contributed by atoms with Crippen LogP contribution in [0.4, 0.5) is 13.2 Å². The van der Waals surface area contributed by atoms with Crippen LogP contribution >= 0.6 is 11.6 Å². The number of alkyl halides is 3. The van der Waals surface area contributed by atoms with Crippen molar-refractivity contribution in [1.29, 1.82) is 0 Å². The molecular formula is C18H19ClF3NO. The molecule has 1 atom stereocenters. The van der Waals surface area contributed by atoms with Crippen LogP contribution in [0.3, 0.4) is 0 Å². The molecule has 2 nitrogen and oxygen atoms in total. The second-order valence-electron chi connectivity index (χ2n) is 5.77. The van der Waals surface area contributed by atoms with Gasteiger partial charge in [0.05, 0.1) is 5.56 Å². The maximum atomic E-state index is 12.6. The summed E-state index contributed by atoms with van der Waals surface area (Å²) in [5.74, 6) is 0.404. The standard InChI is InChI=1S/C18H19ClF3NO/c1-23(2)12-11-17(13-3-7-15(19)8-4-13)24-16-9-5-14(6-10-16)18(20,21)22/h3-10,17H,11-12H2,1-2H3. The number of rotatable bonds is 6. The summed E-state index contributed by atoms with van der Waals surface area (Å²) in [6.45, 7) is 0.786. The number of hydrogen-bond donors (Lipinski definition) is 0. The van der Waals surface area contributed by atoms with Crippen molar-refractivity contribution in [2.45, 2.75) is 18.7 Å². The fourth-order valence-corrected chi connectivity index (χ4v) is 2.36. The third-order valence-corrected chi connectivity index (χ3v) is 3.79. The molecule has 24 heavy (non-hydrogen) atoms. The topological polar surface area (TPSA) is 12.5 Å². The lowest BCUT2D eigenvalue weighted by Gasteiger charge is -2.22. The van der Waals surface area contributed by atoms with Gasteiger partial charge in [-0.3, -0.25) is 0 Å². The Kier molecular flexibility index (Phi) is 6.13. The van der Waals surface area contributed by atoms with Crippen LogP contribution in [0.5, 0.6) is 5.75 Å². The Morgan fingerprint density at radius 3 is 2.08 bits per heavy atom. The summed E-state index contributed by atoms with van der Waals surface area (Å²) in [6.07, 6.45) is -3.91. The van der Waals surface area contributed by atoms with Crippen LogP contribution in [0.15, 0.2) is 48.5 Å². The number of benzene rings is 2. The largest absolute Gasteiger partial charge is 0.486 e. The normalized spacial score (nSPS) is 13.1. The van der Waals surface area contributed by atoms with E-state index in [0.717, 1.165) is 24.2 Å². The van der Waals surface area contributed by atoms with Crippen LogP contribution in [-0.4, -0.2) is 25.5 Å². The van der Waals surface area contributed by atoms with E-state index in [1.807, 2.05) is 31.1 Å². The molecule has 1 unspecified atom stereocenters. The third-order valence-electron chi connectivity index (χ3n) is 3.54. The zero-order valence-corrected chi connectivity index (χ0v) is 14.2. The molecule has 0 saturated carbocycles. The predicted molar refractivity (Wildman–Crippen MR) is 89.4 cm³/mol. The molecule has 2 aromatic carbocycles. The number of ether oxygens (including phenoxy) is 1. The zero-order chi connectivity index (χ0) is 17.7. The maximum Gasteiger partial charge on any atom is 0.416 e. The van der Waals surface area contributed by atoms with Gasteiger partial charge in [0.25, 0.3) is 0 Å². The van der Waals surface area contributed by atoms with Gasteiger partial charge in [-0.2, -0.15) is 13.2 Å². The summed E-state index contributed by atoms with van der Waals surface area (Å²) >= 11 is 5.91. The maximum absolute atomic E-state index is 12.6. The molecule has 0 bridgehead atoms. The highest BCUT2D eigenvalue weighted by molar-refractivity contribution is 6.30. The van der Waals surface area contributed by atoms with Crippen molar-refractivity contribution in [2.75, 3.05) is 20.6 Å². The lowest BCUT2D eigenvalue weighted by molar-refractivity contribution is -0.137. The van der Waals surface area contributed by atoms with Gasteiger partial charge < -0.3 is 9.64 Å². The Bertz CT molecular complexity index is 639. The number of nitrogens with zero attached hydrogens (tertiary/aromatic N) is 1. The second kappa shape index (κ2) is 7.90. The summed E-state index contributed by atoms with van der Waals surface area (Å²) in [6, 6.07) is 12.0. The summed E-state index contributed by atoms with van der Waals surface area (Å²) in [7, 11) is 3.91. The highest BCUT2D eigenvalue weighted by Gasteiger charge is 2.30. The van der Waals surface area contributed by atoms with Gasteiger partial charge in [0.1, 0.15) is 11.9 Å². The lowest BCUT2D eigenvalue weighted by Crippen LogP contribution is -2.18. The van der Waals surface area contributed by atoms with Crippen molar-refractivity contribution in [3.05, 3.63) is 64.7 Å².